The molecule has 0 aromatic carbocycles. The van der Waals surface area contributed by atoms with Crippen LogP contribution in [-0.2, 0) is 14.3 Å². The average Bonchev–Trinajstić information content (AvgIpc) is 2.48. The summed E-state index contributed by atoms with van der Waals surface area (Å²) in [6, 6.07) is 0. The molecule has 3 heteroatoms. The summed E-state index contributed by atoms with van der Waals surface area (Å²) < 4.78 is 10.1. The first kappa shape index (κ1) is 10.3. The molecular formula is C10H16O3. The standard InChI is InChI=1S/C10H16O3/c1-4-13-9-6-5-8(7(9)2)10(11)12-3/h5,7,9H,4,6H2,1-3H3/t7-,9+/m1/s1. The van der Waals surface area contributed by atoms with E-state index in [4.69, 9.17) is 4.74 Å². The largest absolute Gasteiger partial charge is 0.466 e. The Morgan fingerprint density at radius 1 is 1.69 bits per heavy atom. The molecule has 3 nitrogen and oxygen atoms in total. The van der Waals surface area contributed by atoms with Gasteiger partial charge in [0.25, 0.3) is 0 Å². The van der Waals surface area contributed by atoms with Crippen molar-refractivity contribution in [1.29, 1.82) is 0 Å². The van der Waals surface area contributed by atoms with Gasteiger partial charge in [-0.1, -0.05) is 13.0 Å². The maximum Gasteiger partial charge on any atom is 0.333 e. The molecule has 74 valence electrons. The summed E-state index contributed by atoms with van der Waals surface area (Å²) in [5.41, 5.74) is 0.751. The lowest BCUT2D eigenvalue weighted by atomic mass is 10.0. The van der Waals surface area contributed by atoms with Crippen LogP contribution in [0.15, 0.2) is 11.6 Å². The van der Waals surface area contributed by atoms with Gasteiger partial charge in [0.15, 0.2) is 0 Å². The number of hydrogen-bond donors (Lipinski definition) is 0. The van der Waals surface area contributed by atoms with Gasteiger partial charge < -0.3 is 9.47 Å². The van der Waals surface area contributed by atoms with Gasteiger partial charge >= 0.3 is 5.97 Å². The Kier molecular flexibility index (Phi) is 3.48. The quantitative estimate of drug-likeness (QED) is 0.624. The number of methoxy groups -OCH3 is 1. The molecule has 0 saturated carbocycles. The zero-order valence-corrected chi connectivity index (χ0v) is 8.37. The molecule has 0 aliphatic heterocycles. The predicted molar refractivity (Wildman–Crippen MR) is 49.3 cm³/mol. The molecule has 0 bridgehead atoms. The zero-order valence-electron chi connectivity index (χ0n) is 8.37. The predicted octanol–water partition coefficient (Wildman–Crippen LogP) is 1.53. The van der Waals surface area contributed by atoms with Gasteiger partial charge in [0.05, 0.1) is 13.2 Å². The van der Waals surface area contributed by atoms with Gasteiger partial charge in [0, 0.05) is 18.1 Å². The third kappa shape index (κ3) is 2.10. The van der Waals surface area contributed by atoms with Crippen LogP contribution in [0, 0.1) is 5.92 Å². The number of rotatable bonds is 3. The number of carbonyl (C=O) groups is 1. The molecule has 0 fully saturated rings. The normalized spacial score (nSPS) is 27.2. The Balaban J connectivity index is 2.57. The summed E-state index contributed by atoms with van der Waals surface area (Å²) in [5, 5.41) is 0. The molecule has 0 spiro atoms. The van der Waals surface area contributed by atoms with Crippen molar-refractivity contribution < 1.29 is 14.3 Å². The second kappa shape index (κ2) is 4.42. The number of esters is 1. The van der Waals surface area contributed by atoms with Crippen molar-refractivity contribution in [3.05, 3.63) is 11.6 Å². The van der Waals surface area contributed by atoms with Crippen LogP contribution in [0.2, 0.25) is 0 Å². The summed E-state index contributed by atoms with van der Waals surface area (Å²) in [6.07, 6.45) is 2.88. The van der Waals surface area contributed by atoms with Crippen LogP contribution >= 0.6 is 0 Å². The highest BCUT2D eigenvalue weighted by molar-refractivity contribution is 5.89. The number of hydrogen-bond acceptors (Lipinski definition) is 3. The van der Waals surface area contributed by atoms with Gasteiger partial charge in [-0.3, -0.25) is 0 Å². The molecular weight excluding hydrogens is 168 g/mol. The van der Waals surface area contributed by atoms with E-state index in [1.807, 2.05) is 19.9 Å². The van der Waals surface area contributed by atoms with E-state index in [2.05, 4.69) is 4.74 Å². The summed E-state index contributed by atoms with van der Waals surface area (Å²) in [5.74, 6) is -0.0675. The Morgan fingerprint density at radius 2 is 2.38 bits per heavy atom. The lowest BCUT2D eigenvalue weighted by molar-refractivity contribution is -0.137. The minimum atomic E-state index is -0.227. The van der Waals surface area contributed by atoms with E-state index >= 15 is 0 Å². The molecule has 1 aliphatic carbocycles. The van der Waals surface area contributed by atoms with Gasteiger partial charge in [-0.15, -0.1) is 0 Å². The van der Waals surface area contributed by atoms with Crippen molar-refractivity contribution in [2.75, 3.05) is 13.7 Å². The summed E-state index contributed by atoms with van der Waals surface area (Å²) >= 11 is 0. The first-order valence-corrected chi connectivity index (χ1v) is 4.60. The van der Waals surface area contributed by atoms with Crippen LogP contribution in [-0.4, -0.2) is 25.8 Å². The van der Waals surface area contributed by atoms with Crippen molar-refractivity contribution in [3.8, 4) is 0 Å². The SMILES string of the molecule is CCO[C@H]1CC=C(C(=O)OC)[C@H]1C. The molecule has 0 aromatic rings. The average molecular weight is 184 g/mol. The van der Waals surface area contributed by atoms with Crippen molar-refractivity contribution in [1.82, 2.24) is 0 Å². The van der Waals surface area contributed by atoms with Crippen LogP contribution in [0.4, 0.5) is 0 Å². The molecule has 1 rings (SSSR count). The highest BCUT2D eigenvalue weighted by Crippen LogP contribution is 2.28. The lowest BCUT2D eigenvalue weighted by Gasteiger charge is -2.17. The molecule has 0 radical (unpaired) electrons. The van der Waals surface area contributed by atoms with Crippen LogP contribution in [0.3, 0.4) is 0 Å². The summed E-state index contributed by atoms with van der Waals surface area (Å²) in [7, 11) is 1.41. The van der Waals surface area contributed by atoms with Gasteiger partial charge in [-0.05, 0) is 13.3 Å². The van der Waals surface area contributed by atoms with E-state index in [-0.39, 0.29) is 18.0 Å². The van der Waals surface area contributed by atoms with Crippen molar-refractivity contribution in [2.24, 2.45) is 5.92 Å². The maximum absolute atomic E-state index is 11.2. The maximum atomic E-state index is 11.2. The van der Waals surface area contributed by atoms with Crippen LogP contribution < -0.4 is 0 Å². The van der Waals surface area contributed by atoms with Crippen LogP contribution in [0.25, 0.3) is 0 Å². The molecule has 0 amide bonds. The summed E-state index contributed by atoms with van der Waals surface area (Å²) in [6.45, 7) is 4.65. The second-order valence-corrected chi connectivity index (χ2v) is 3.17. The van der Waals surface area contributed by atoms with E-state index in [9.17, 15) is 4.79 Å². The minimum absolute atomic E-state index is 0.152. The topological polar surface area (TPSA) is 35.5 Å². The van der Waals surface area contributed by atoms with Gasteiger partial charge in [-0.2, -0.15) is 0 Å². The highest BCUT2D eigenvalue weighted by atomic mass is 16.5. The molecule has 0 aromatic heterocycles. The lowest BCUT2D eigenvalue weighted by Crippen LogP contribution is -2.21. The fraction of sp³-hybridized carbons (Fsp3) is 0.700. The highest BCUT2D eigenvalue weighted by Gasteiger charge is 2.30. The van der Waals surface area contributed by atoms with E-state index in [0.717, 1.165) is 12.0 Å². The monoisotopic (exact) mass is 184 g/mol. The molecule has 1 aliphatic rings. The van der Waals surface area contributed by atoms with Crippen molar-refractivity contribution in [2.45, 2.75) is 26.4 Å². The van der Waals surface area contributed by atoms with E-state index in [1.54, 1.807) is 0 Å². The van der Waals surface area contributed by atoms with Crippen molar-refractivity contribution in [3.63, 3.8) is 0 Å². The first-order chi connectivity index (χ1) is 6.20. The Bertz CT molecular complexity index is 220. The van der Waals surface area contributed by atoms with Crippen LogP contribution in [0.1, 0.15) is 20.3 Å². The molecule has 0 N–H and O–H groups in total. The fourth-order valence-electron chi connectivity index (χ4n) is 1.65. The van der Waals surface area contributed by atoms with Crippen LogP contribution in [0.5, 0.6) is 0 Å². The summed E-state index contributed by atoms with van der Waals surface area (Å²) in [4.78, 5) is 11.2. The molecule has 13 heavy (non-hydrogen) atoms. The zero-order chi connectivity index (χ0) is 9.84. The molecule has 0 unspecified atom stereocenters. The molecule has 0 saturated heterocycles. The molecule has 0 heterocycles. The number of ether oxygens (including phenoxy) is 2. The second-order valence-electron chi connectivity index (χ2n) is 3.17. The minimum Gasteiger partial charge on any atom is -0.466 e. The van der Waals surface area contributed by atoms with Crippen molar-refractivity contribution >= 4 is 5.97 Å². The smallest absolute Gasteiger partial charge is 0.333 e. The third-order valence-corrected chi connectivity index (χ3v) is 2.42. The van der Waals surface area contributed by atoms with Gasteiger partial charge in [0.2, 0.25) is 0 Å². The molecule has 2 atom stereocenters. The number of carbonyl (C=O) groups excluding carboxylic acids is 1. The van der Waals surface area contributed by atoms with E-state index < -0.39 is 0 Å². The van der Waals surface area contributed by atoms with Gasteiger partial charge in [0.1, 0.15) is 0 Å². The van der Waals surface area contributed by atoms with E-state index in [1.165, 1.54) is 7.11 Å². The van der Waals surface area contributed by atoms with E-state index in [0.29, 0.717) is 6.61 Å². The Morgan fingerprint density at radius 3 is 2.92 bits per heavy atom. The first-order valence-electron chi connectivity index (χ1n) is 4.60. The fourth-order valence-corrected chi connectivity index (χ4v) is 1.65. The Hall–Kier alpha value is -0.830. The van der Waals surface area contributed by atoms with Gasteiger partial charge in [-0.25, -0.2) is 4.79 Å². The third-order valence-electron chi connectivity index (χ3n) is 2.42. The Labute approximate surface area is 78.7 Å².